The summed E-state index contributed by atoms with van der Waals surface area (Å²) in [6.45, 7) is 0. The van der Waals surface area contributed by atoms with E-state index >= 15 is 0 Å². The van der Waals surface area contributed by atoms with Gasteiger partial charge in [-0.1, -0.05) is 0 Å². The van der Waals surface area contributed by atoms with Gasteiger partial charge >= 0.3 is 23.9 Å². The molecule has 0 amide bonds. The van der Waals surface area contributed by atoms with Crippen molar-refractivity contribution in [2.24, 2.45) is 21.5 Å². The summed E-state index contributed by atoms with van der Waals surface area (Å²) in [6, 6.07) is -2.10. The van der Waals surface area contributed by atoms with E-state index in [4.69, 9.17) is 31.9 Å². The van der Waals surface area contributed by atoms with Crippen molar-refractivity contribution in [1.29, 1.82) is 0 Å². The Morgan fingerprint density at radius 1 is 0.760 bits per heavy atom. The first kappa shape index (κ1) is 28.2. The summed E-state index contributed by atoms with van der Waals surface area (Å²) in [5.74, 6) is -4.43. The fraction of sp³-hybridized carbons (Fsp3) is 0.500. The quantitative estimate of drug-likeness (QED) is 0.116. The summed E-state index contributed by atoms with van der Waals surface area (Å²) >= 11 is 0. The maximum atomic E-state index is 10.3. The Morgan fingerprint density at radius 3 is 1.20 bits per heavy atom. The van der Waals surface area contributed by atoms with Gasteiger partial charge in [-0.15, -0.1) is 0 Å². The average molecular weight is 486 g/mol. The Balaban J connectivity index is -0.000000372. The molecular weight excluding hydrogens is 465 g/mol. The van der Waals surface area contributed by atoms with Crippen LogP contribution in [0.5, 0.6) is 0 Å². The summed E-state index contributed by atoms with van der Waals surface area (Å²) in [7, 11) is 0. The largest absolute Gasteiger partial charge is 0.481 e. The molecule has 0 aliphatic rings. The minimum atomic E-state index is -1.17. The van der Waals surface area contributed by atoms with E-state index in [1.165, 1.54) is 0 Å². The number of aliphatic imine (C=N–C) groups is 2. The van der Waals surface area contributed by atoms with Crippen molar-refractivity contribution in [3.8, 4) is 0 Å². The zero-order chi connectivity index (χ0) is 19.1. The zero-order valence-corrected chi connectivity index (χ0v) is 17.8. The molecule has 2 radical (unpaired) electrons. The van der Waals surface area contributed by atoms with Crippen LogP contribution < -0.4 is 11.5 Å². The van der Waals surface area contributed by atoms with Crippen molar-refractivity contribution < 1.29 is 39.6 Å². The third-order valence-corrected chi connectivity index (χ3v) is 2.37. The number of nitrogens with zero attached hydrogens (tertiary/aromatic N) is 2. The number of carbonyl (C=O) groups is 4. The Hall–Kier alpha value is -1.61. The fourth-order valence-corrected chi connectivity index (χ4v) is 1.25. The van der Waals surface area contributed by atoms with Crippen molar-refractivity contribution >= 4 is 85.4 Å². The molecule has 138 valence electrons. The zero-order valence-electron chi connectivity index (χ0n) is 13.3. The molecule has 12 nitrogen and oxygen atoms in total. The molecule has 0 aromatic rings. The predicted molar refractivity (Wildman–Crippen MR) is 87.7 cm³/mol. The van der Waals surface area contributed by atoms with Gasteiger partial charge in [-0.2, -0.15) is 0 Å². The Bertz CT molecular complexity index is 454. The molecule has 0 spiro atoms. The summed E-state index contributed by atoms with van der Waals surface area (Å²) in [6.07, 6.45) is 1.18. The number of carboxylic acids is 4. The van der Waals surface area contributed by atoms with Gasteiger partial charge in [0.1, 0.15) is 12.1 Å². The van der Waals surface area contributed by atoms with E-state index in [-0.39, 0.29) is 74.6 Å². The van der Waals surface area contributed by atoms with Crippen molar-refractivity contribution in [1.82, 2.24) is 0 Å². The van der Waals surface area contributed by atoms with Crippen LogP contribution in [0.4, 0.5) is 0 Å². The number of hydrogen-bond acceptors (Lipinski definition) is 6. The second-order valence-electron chi connectivity index (χ2n) is 4.17. The van der Waals surface area contributed by atoms with Gasteiger partial charge in [0.25, 0.3) is 0 Å². The van der Waals surface area contributed by atoms with Crippen molar-refractivity contribution in [3.05, 3.63) is 0 Å². The van der Waals surface area contributed by atoms with E-state index in [9.17, 15) is 19.2 Å². The molecule has 8 N–H and O–H groups in total. The van der Waals surface area contributed by atoms with Crippen LogP contribution in [0.2, 0.25) is 0 Å². The fourth-order valence-electron chi connectivity index (χ4n) is 1.25. The maximum Gasteiger partial charge on any atom is 0.328 e. The Kier molecular flexibility index (Phi) is 19.4. The monoisotopic (exact) mass is 486 g/mol. The van der Waals surface area contributed by atoms with Gasteiger partial charge in [-0.3, -0.25) is 19.6 Å². The second kappa shape index (κ2) is 17.2. The van der Waals surface area contributed by atoms with Gasteiger partial charge in [0.15, 0.2) is 0 Å². The molecule has 0 aliphatic carbocycles. The van der Waals surface area contributed by atoms with E-state index in [2.05, 4.69) is 9.98 Å². The third kappa shape index (κ3) is 18.6. The molecule has 0 unspecified atom stereocenters. The molecule has 2 atom stereocenters. The Labute approximate surface area is 183 Å². The van der Waals surface area contributed by atoms with Gasteiger partial charge in [0.2, 0.25) is 0 Å². The predicted octanol–water partition coefficient (Wildman–Crippen LogP) is -1.80. The number of aliphatic carboxylic acids is 4. The van der Waals surface area contributed by atoms with Gasteiger partial charge in [-0.25, -0.2) is 9.59 Å². The number of hydrogen-bond donors (Lipinski definition) is 6. The normalized spacial score (nSPS) is 12.5. The second-order valence-corrected chi connectivity index (χ2v) is 4.17. The topological polar surface area (TPSA) is 226 Å². The molecular formula is C12H20BaN4O8. The van der Waals surface area contributed by atoms with Crippen molar-refractivity contribution in [2.75, 3.05) is 0 Å². The Morgan fingerprint density at radius 2 is 1.04 bits per heavy atom. The van der Waals surface area contributed by atoms with Crippen LogP contribution in [0.1, 0.15) is 25.7 Å². The van der Waals surface area contributed by atoms with Gasteiger partial charge in [-0.05, 0) is 12.8 Å². The van der Waals surface area contributed by atoms with Gasteiger partial charge in [0, 0.05) is 61.7 Å². The standard InChI is InChI=1S/2C6H10N2O4.Ba/c2*7-3-8-4(6(11)12)1-2-5(9)10;/h2*3-4H,1-2H2,(H2,7,8)(H,9,10)(H,11,12);/t2*4-;/m00./s1. The number of nitrogens with two attached hydrogens (primary N) is 2. The van der Waals surface area contributed by atoms with Crippen LogP contribution >= 0.6 is 0 Å². The summed E-state index contributed by atoms with van der Waals surface area (Å²) in [4.78, 5) is 47.6. The van der Waals surface area contributed by atoms with E-state index in [1.54, 1.807) is 0 Å². The smallest absolute Gasteiger partial charge is 0.328 e. The van der Waals surface area contributed by atoms with Gasteiger partial charge in [0.05, 0.1) is 12.7 Å². The first-order valence-electron chi connectivity index (χ1n) is 6.51. The van der Waals surface area contributed by atoms with Crippen LogP contribution in [-0.2, 0) is 19.2 Å². The molecule has 13 heteroatoms. The maximum absolute atomic E-state index is 10.3. The molecule has 0 aliphatic heterocycles. The van der Waals surface area contributed by atoms with E-state index in [1.807, 2.05) is 0 Å². The van der Waals surface area contributed by atoms with E-state index in [0.717, 1.165) is 12.7 Å². The average Bonchev–Trinajstić information content (AvgIpc) is 2.47. The molecule has 0 aromatic carbocycles. The summed E-state index contributed by atoms with van der Waals surface area (Å²) in [5.41, 5.74) is 9.74. The van der Waals surface area contributed by atoms with E-state index in [0.29, 0.717) is 0 Å². The minimum Gasteiger partial charge on any atom is -0.481 e. The van der Waals surface area contributed by atoms with Crippen LogP contribution in [0.3, 0.4) is 0 Å². The SMILES string of the molecule is NC=N[C@@H](CCC(=O)O)C(=O)O.NC=N[C@@H](CCC(=O)O)C(=O)O.[Ba]. The molecule has 0 saturated carbocycles. The van der Waals surface area contributed by atoms with Crippen LogP contribution in [0.15, 0.2) is 9.98 Å². The third-order valence-electron chi connectivity index (χ3n) is 2.37. The summed E-state index contributed by atoms with van der Waals surface area (Å²) < 4.78 is 0. The number of rotatable bonds is 10. The first-order valence-corrected chi connectivity index (χ1v) is 6.51. The molecule has 0 bridgehead atoms. The molecule has 0 rings (SSSR count). The molecule has 0 fully saturated rings. The van der Waals surface area contributed by atoms with Crippen LogP contribution in [-0.4, -0.2) is 118 Å². The van der Waals surface area contributed by atoms with Crippen LogP contribution in [0.25, 0.3) is 0 Å². The van der Waals surface area contributed by atoms with Crippen LogP contribution in [0, 0.1) is 0 Å². The molecule has 0 saturated heterocycles. The first-order chi connectivity index (χ1) is 11.1. The van der Waals surface area contributed by atoms with Gasteiger partial charge < -0.3 is 31.9 Å². The summed E-state index contributed by atoms with van der Waals surface area (Å²) in [5, 5.41) is 33.4. The van der Waals surface area contributed by atoms with E-state index < -0.39 is 36.0 Å². The molecule has 0 heterocycles. The minimum absolute atomic E-state index is 0. The molecule has 25 heavy (non-hydrogen) atoms. The van der Waals surface area contributed by atoms with Crippen molar-refractivity contribution in [2.45, 2.75) is 37.8 Å². The van der Waals surface area contributed by atoms with Crippen molar-refractivity contribution in [3.63, 3.8) is 0 Å². The molecule has 0 aromatic heterocycles. The number of carboxylic acid groups (broad SMARTS) is 4.